The smallest absolute Gasteiger partial charge is 0.270 e. The van der Waals surface area contributed by atoms with Gasteiger partial charge in [-0.15, -0.1) is 10.2 Å². The topological polar surface area (TPSA) is 89.5 Å². The highest BCUT2D eigenvalue weighted by molar-refractivity contribution is 6.15. The molecule has 28 heavy (non-hydrogen) atoms. The van der Waals surface area contributed by atoms with Crippen molar-refractivity contribution in [2.45, 2.75) is 13.0 Å². The van der Waals surface area contributed by atoms with Crippen LogP contribution in [0.2, 0.25) is 0 Å². The van der Waals surface area contributed by atoms with Crippen LogP contribution in [0.5, 0.6) is 0 Å². The number of aromatic nitrogens is 3. The van der Waals surface area contributed by atoms with E-state index in [9.17, 15) is 10.1 Å². The van der Waals surface area contributed by atoms with Crippen molar-refractivity contribution < 1.29 is 4.92 Å². The summed E-state index contributed by atoms with van der Waals surface area (Å²) < 4.78 is 1.99. The maximum absolute atomic E-state index is 11.4. The number of aliphatic imine (C=N–C) groups is 1. The number of hydrogen-bond donors (Lipinski definition) is 0. The first-order valence-electron chi connectivity index (χ1n) is 9.01. The molecule has 0 spiro atoms. The van der Waals surface area contributed by atoms with Crippen LogP contribution in [0.4, 0.5) is 5.69 Å². The summed E-state index contributed by atoms with van der Waals surface area (Å²) in [7, 11) is 4.02. The number of hydrogen-bond acceptors (Lipinski definition) is 6. The summed E-state index contributed by atoms with van der Waals surface area (Å²) in [5, 5.41) is 20.1. The van der Waals surface area contributed by atoms with Crippen molar-refractivity contribution in [3.05, 3.63) is 81.4 Å². The Morgan fingerprint density at radius 3 is 2.64 bits per heavy atom. The average molecular weight is 376 g/mol. The number of benzene rings is 2. The van der Waals surface area contributed by atoms with E-state index in [1.807, 2.05) is 49.0 Å². The fourth-order valence-electron chi connectivity index (χ4n) is 3.32. The van der Waals surface area contributed by atoms with E-state index in [0.717, 1.165) is 41.6 Å². The summed E-state index contributed by atoms with van der Waals surface area (Å²) in [6, 6.07) is 14.6. The minimum atomic E-state index is -0.381. The zero-order chi connectivity index (χ0) is 19.7. The number of fused-ring (bicyclic) bond motifs is 3. The summed E-state index contributed by atoms with van der Waals surface area (Å²) in [6.07, 6.45) is 0.719. The van der Waals surface area contributed by atoms with Gasteiger partial charge in [0.2, 0.25) is 0 Å². The van der Waals surface area contributed by atoms with Crippen LogP contribution in [-0.2, 0) is 13.0 Å². The van der Waals surface area contributed by atoms with E-state index < -0.39 is 0 Å². The highest BCUT2D eigenvalue weighted by Gasteiger charge is 2.24. The molecule has 0 radical (unpaired) electrons. The number of likely N-dealkylation sites (N-methyl/N-ethyl adjacent to an activating group) is 1. The van der Waals surface area contributed by atoms with Gasteiger partial charge >= 0.3 is 0 Å². The second-order valence-electron chi connectivity index (χ2n) is 6.91. The minimum absolute atomic E-state index is 0.0359. The molecule has 0 amide bonds. The molecule has 0 saturated heterocycles. The maximum atomic E-state index is 11.4. The van der Waals surface area contributed by atoms with Crippen molar-refractivity contribution in [3.8, 4) is 5.69 Å². The van der Waals surface area contributed by atoms with Crippen molar-refractivity contribution in [2.24, 2.45) is 4.99 Å². The second kappa shape index (κ2) is 7.32. The van der Waals surface area contributed by atoms with Gasteiger partial charge in [0.25, 0.3) is 5.69 Å². The molecule has 2 aromatic carbocycles. The van der Waals surface area contributed by atoms with Crippen molar-refractivity contribution in [1.29, 1.82) is 0 Å². The van der Waals surface area contributed by atoms with E-state index in [0.29, 0.717) is 12.1 Å². The average Bonchev–Trinajstić information content (AvgIpc) is 3.02. The molecular weight excluding hydrogens is 356 g/mol. The van der Waals surface area contributed by atoms with E-state index in [-0.39, 0.29) is 10.6 Å². The molecule has 4 rings (SSSR count). The first-order valence-corrected chi connectivity index (χ1v) is 9.01. The first kappa shape index (κ1) is 18.0. The van der Waals surface area contributed by atoms with Gasteiger partial charge in [-0.3, -0.25) is 19.7 Å². The van der Waals surface area contributed by atoms with Gasteiger partial charge in [0, 0.05) is 36.2 Å². The maximum Gasteiger partial charge on any atom is 0.270 e. The normalized spacial score (nSPS) is 12.9. The summed E-state index contributed by atoms with van der Waals surface area (Å²) in [5.41, 5.74) is 3.21. The Morgan fingerprint density at radius 1 is 1.14 bits per heavy atom. The third-order valence-electron chi connectivity index (χ3n) is 4.69. The number of non-ortho nitro benzene ring substituents is 1. The quantitative estimate of drug-likeness (QED) is 0.504. The monoisotopic (exact) mass is 376 g/mol. The van der Waals surface area contributed by atoms with Gasteiger partial charge < -0.3 is 4.90 Å². The fourth-order valence-corrected chi connectivity index (χ4v) is 3.32. The van der Waals surface area contributed by atoms with Crippen LogP contribution in [0.25, 0.3) is 5.69 Å². The summed E-state index contributed by atoms with van der Waals surface area (Å²) in [4.78, 5) is 17.8. The van der Waals surface area contributed by atoms with Crippen LogP contribution < -0.4 is 0 Å². The molecule has 0 saturated carbocycles. The van der Waals surface area contributed by atoms with Crippen LogP contribution >= 0.6 is 0 Å². The van der Waals surface area contributed by atoms with Crippen LogP contribution in [0.15, 0.2) is 53.5 Å². The van der Waals surface area contributed by atoms with Gasteiger partial charge in [0.15, 0.2) is 5.82 Å². The van der Waals surface area contributed by atoms with Crippen LogP contribution in [0, 0.1) is 10.1 Å². The van der Waals surface area contributed by atoms with Crippen molar-refractivity contribution in [1.82, 2.24) is 19.7 Å². The minimum Gasteiger partial charge on any atom is -0.309 e. The Balaban J connectivity index is 1.90. The second-order valence-corrected chi connectivity index (χ2v) is 6.91. The molecule has 0 atom stereocenters. The van der Waals surface area contributed by atoms with Crippen molar-refractivity contribution in [2.75, 3.05) is 20.6 Å². The molecule has 1 aliphatic rings. The van der Waals surface area contributed by atoms with E-state index >= 15 is 0 Å². The lowest BCUT2D eigenvalue weighted by Crippen LogP contribution is -2.18. The standard InChI is InChI=1S/C20H20N6O2/c1-24(2)11-10-18-22-23-19-13-21-20(14-6-4-3-5-7-14)16-12-15(26(27)28)8-9-17(16)25(18)19/h3-9,12H,10-11,13H2,1-2H3. The van der Waals surface area contributed by atoms with Crippen LogP contribution in [0.3, 0.4) is 0 Å². The molecule has 2 heterocycles. The molecule has 1 aliphatic heterocycles. The molecule has 0 N–H and O–H groups in total. The highest BCUT2D eigenvalue weighted by atomic mass is 16.6. The Morgan fingerprint density at radius 2 is 1.93 bits per heavy atom. The van der Waals surface area contributed by atoms with Crippen LogP contribution in [-0.4, -0.2) is 50.9 Å². The lowest BCUT2D eigenvalue weighted by atomic mass is 10.00. The van der Waals surface area contributed by atoms with Gasteiger partial charge in [0.1, 0.15) is 12.4 Å². The molecular formula is C20H20N6O2. The van der Waals surface area contributed by atoms with Crippen molar-refractivity contribution in [3.63, 3.8) is 0 Å². The van der Waals surface area contributed by atoms with Crippen molar-refractivity contribution >= 4 is 11.4 Å². The molecule has 1 aromatic heterocycles. The molecule has 0 bridgehead atoms. The molecule has 8 heteroatoms. The predicted octanol–water partition coefficient (Wildman–Crippen LogP) is 2.63. The summed E-state index contributed by atoms with van der Waals surface area (Å²) >= 11 is 0. The summed E-state index contributed by atoms with van der Waals surface area (Å²) in [6.45, 7) is 1.19. The fraction of sp³-hybridized carbons (Fsp3) is 0.250. The number of nitro groups is 1. The summed E-state index contributed by atoms with van der Waals surface area (Å²) in [5.74, 6) is 1.55. The molecule has 0 aliphatic carbocycles. The lowest BCUT2D eigenvalue weighted by Gasteiger charge is -2.14. The van der Waals surface area contributed by atoms with E-state index in [1.54, 1.807) is 12.1 Å². The number of nitrogens with zero attached hydrogens (tertiary/aromatic N) is 6. The Labute approximate surface area is 162 Å². The van der Waals surface area contributed by atoms with E-state index in [4.69, 9.17) is 4.99 Å². The van der Waals surface area contributed by atoms with E-state index in [2.05, 4.69) is 15.1 Å². The zero-order valence-electron chi connectivity index (χ0n) is 15.7. The Hall–Kier alpha value is -3.39. The van der Waals surface area contributed by atoms with E-state index in [1.165, 1.54) is 6.07 Å². The third kappa shape index (κ3) is 3.29. The first-order chi connectivity index (χ1) is 13.5. The highest BCUT2D eigenvalue weighted by Crippen LogP contribution is 2.29. The van der Waals surface area contributed by atoms with Gasteiger partial charge in [-0.1, -0.05) is 30.3 Å². The largest absolute Gasteiger partial charge is 0.309 e. The number of rotatable bonds is 5. The zero-order valence-corrected chi connectivity index (χ0v) is 15.7. The lowest BCUT2D eigenvalue weighted by molar-refractivity contribution is -0.384. The molecule has 8 nitrogen and oxygen atoms in total. The molecule has 3 aromatic rings. The van der Waals surface area contributed by atoms with Crippen LogP contribution in [0.1, 0.15) is 22.8 Å². The van der Waals surface area contributed by atoms with Gasteiger partial charge in [-0.2, -0.15) is 0 Å². The Bertz CT molecular complexity index is 1060. The SMILES string of the molecule is CN(C)CCc1nnc2n1-c1ccc([N+](=O)[O-])cc1C(c1ccccc1)=NC2. The molecule has 0 fully saturated rings. The van der Waals surface area contributed by atoms with Gasteiger partial charge in [-0.25, -0.2) is 0 Å². The third-order valence-corrected chi connectivity index (χ3v) is 4.69. The predicted molar refractivity (Wildman–Crippen MR) is 106 cm³/mol. The Kier molecular flexibility index (Phi) is 4.70. The molecule has 142 valence electrons. The molecule has 0 unspecified atom stereocenters. The number of nitro benzene ring substituents is 1. The van der Waals surface area contributed by atoms with Gasteiger partial charge in [-0.05, 0) is 20.2 Å². The van der Waals surface area contributed by atoms with Gasteiger partial charge in [0.05, 0.1) is 16.3 Å².